The summed E-state index contributed by atoms with van der Waals surface area (Å²) < 4.78 is 12.0. The number of hydrogen-bond donors (Lipinski definition) is 1. The van der Waals surface area contributed by atoms with Crippen LogP contribution in [0.5, 0.6) is 0 Å². The highest BCUT2D eigenvalue weighted by Crippen LogP contribution is 2.13. The first kappa shape index (κ1) is 44.8. The van der Waals surface area contributed by atoms with Gasteiger partial charge in [0.15, 0.2) is 0 Å². The fourth-order valence-electron chi connectivity index (χ4n) is 5.50. The van der Waals surface area contributed by atoms with Crippen LogP contribution in [0.3, 0.4) is 0 Å². The van der Waals surface area contributed by atoms with Crippen LogP contribution in [0.15, 0.2) is 48.6 Å². The standard InChI is InChI=1S/C42H79NO3/c1-5-7-9-11-13-15-17-19-21-23-25-27-29-31-33-35-37-45-39-41(42(44)43(3)4)40-46-38-36-34-32-30-28-26-24-22-20-18-16-14-12-10-8-6-2/h13-16,19-22,41-42,44H,5-12,17-18,23-40H2,1-4H3/b15-13-,16-14-,21-19-,22-20-. The minimum atomic E-state index is -0.535. The van der Waals surface area contributed by atoms with E-state index in [1.165, 1.54) is 128 Å². The molecule has 0 saturated heterocycles. The van der Waals surface area contributed by atoms with E-state index < -0.39 is 6.23 Å². The molecule has 0 bridgehead atoms. The molecule has 0 radical (unpaired) electrons. The monoisotopic (exact) mass is 646 g/mol. The third kappa shape index (κ3) is 34.1. The van der Waals surface area contributed by atoms with Gasteiger partial charge in [-0.05, 0) is 91.1 Å². The second kappa shape index (κ2) is 38.2. The van der Waals surface area contributed by atoms with Crippen LogP contribution in [0.2, 0.25) is 0 Å². The molecule has 4 nitrogen and oxygen atoms in total. The average Bonchev–Trinajstić information content (AvgIpc) is 3.05. The van der Waals surface area contributed by atoms with Gasteiger partial charge in [0.25, 0.3) is 0 Å². The zero-order chi connectivity index (χ0) is 33.6. The molecule has 0 heterocycles. The van der Waals surface area contributed by atoms with Gasteiger partial charge in [-0.3, -0.25) is 4.90 Å². The molecule has 0 spiro atoms. The molecule has 46 heavy (non-hydrogen) atoms. The Labute approximate surface area is 288 Å². The molecule has 0 aromatic rings. The molecular weight excluding hydrogens is 566 g/mol. The van der Waals surface area contributed by atoms with E-state index in [0.29, 0.717) is 13.2 Å². The number of allylic oxidation sites excluding steroid dienone is 8. The second-order valence-electron chi connectivity index (χ2n) is 13.5. The summed E-state index contributed by atoms with van der Waals surface area (Å²) in [5.74, 6) is -0.00999. The molecule has 1 N–H and O–H groups in total. The predicted molar refractivity (Wildman–Crippen MR) is 204 cm³/mol. The van der Waals surface area contributed by atoms with E-state index in [1.54, 1.807) is 0 Å². The Hall–Kier alpha value is -1.20. The first-order valence-corrected chi connectivity index (χ1v) is 19.7. The predicted octanol–water partition coefficient (Wildman–Crippen LogP) is 12.1. The van der Waals surface area contributed by atoms with Crippen LogP contribution >= 0.6 is 0 Å². The van der Waals surface area contributed by atoms with E-state index in [2.05, 4.69) is 62.5 Å². The lowest BCUT2D eigenvalue weighted by Crippen LogP contribution is -2.40. The van der Waals surface area contributed by atoms with Gasteiger partial charge in [-0.1, -0.05) is 140 Å². The largest absolute Gasteiger partial charge is 0.381 e. The number of aliphatic hydroxyl groups excluding tert-OH is 1. The maximum atomic E-state index is 10.6. The van der Waals surface area contributed by atoms with Gasteiger partial charge in [0, 0.05) is 19.1 Å². The van der Waals surface area contributed by atoms with Crippen molar-refractivity contribution in [1.82, 2.24) is 4.90 Å². The lowest BCUT2D eigenvalue weighted by Gasteiger charge is -2.27. The summed E-state index contributed by atoms with van der Waals surface area (Å²) in [6.45, 7) is 7.18. The molecule has 1 atom stereocenters. The number of hydrogen-bond acceptors (Lipinski definition) is 4. The van der Waals surface area contributed by atoms with Gasteiger partial charge in [0.05, 0.1) is 13.2 Å². The van der Waals surface area contributed by atoms with Crippen LogP contribution in [0.1, 0.15) is 168 Å². The van der Waals surface area contributed by atoms with Crippen molar-refractivity contribution in [2.45, 2.75) is 174 Å². The molecule has 270 valence electrons. The second-order valence-corrected chi connectivity index (χ2v) is 13.5. The van der Waals surface area contributed by atoms with Crippen molar-refractivity contribution in [3.05, 3.63) is 48.6 Å². The number of nitrogens with zero attached hydrogens (tertiary/aromatic N) is 1. The Kier molecular flexibility index (Phi) is 37.3. The first-order valence-electron chi connectivity index (χ1n) is 19.7. The van der Waals surface area contributed by atoms with Crippen LogP contribution in [0, 0.1) is 5.92 Å². The Morgan fingerprint density at radius 3 is 1.13 bits per heavy atom. The van der Waals surface area contributed by atoms with Crippen molar-refractivity contribution >= 4 is 0 Å². The third-order valence-corrected chi connectivity index (χ3v) is 8.59. The molecule has 0 aliphatic rings. The highest BCUT2D eigenvalue weighted by atomic mass is 16.5. The molecule has 0 aromatic heterocycles. The number of rotatable bonds is 36. The van der Waals surface area contributed by atoms with Gasteiger partial charge < -0.3 is 14.6 Å². The molecule has 0 amide bonds. The zero-order valence-corrected chi connectivity index (χ0v) is 31.3. The van der Waals surface area contributed by atoms with E-state index in [1.807, 2.05) is 19.0 Å². The van der Waals surface area contributed by atoms with Crippen molar-refractivity contribution in [3.63, 3.8) is 0 Å². The smallest absolute Gasteiger partial charge is 0.114 e. The van der Waals surface area contributed by atoms with Crippen LogP contribution in [-0.2, 0) is 9.47 Å². The van der Waals surface area contributed by atoms with Gasteiger partial charge in [0.1, 0.15) is 6.23 Å². The summed E-state index contributed by atoms with van der Waals surface area (Å²) in [6.07, 6.45) is 48.2. The van der Waals surface area contributed by atoms with E-state index in [0.717, 1.165) is 38.9 Å². The number of unbranched alkanes of at least 4 members (excludes halogenated alkanes) is 18. The quantitative estimate of drug-likeness (QED) is 0.0418. The molecule has 4 heteroatoms. The van der Waals surface area contributed by atoms with E-state index in [-0.39, 0.29) is 5.92 Å². The molecule has 0 aliphatic carbocycles. The molecule has 0 fully saturated rings. The van der Waals surface area contributed by atoms with Crippen molar-refractivity contribution in [2.75, 3.05) is 40.5 Å². The van der Waals surface area contributed by atoms with Crippen molar-refractivity contribution in [1.29, 1.82) is 0 Å². The van der Waals surface area contributed by atoms with Crippen LogP contribution < -0.4 is 0 Å². The maximum absolute atomic E-state index is 10.6. The van der Waals surface area contributed by atoms with Crippen LogP contribution in [-0.4, -0.2) is 56.8 Å². The fraction of sp³-hybridized carbons (Fsp3) is 0.810. The number of ether oxygens (including phenoxy) is 2. The lowest BCUT2D eigenvalue weighted by atomic mass is 10.1. The lowest BCUT2D eigenvalue weighted by molar-refractivity contribution is -0.0752. The summed E-state index contributed by atoms with van der Waals surface area (Å²) in [5, 5.41) is 10.6. The summed E-state index contributed by atoms with van der Waals surface area (Å²) in [5.41, 5.74) is 0. The van der Waals surface area contributed by atoms with Gasteiger partial charge in [-0.2, -0.15) is 0 Å². The highest BCUT2D eigenvalue weighted by molar-refractivity contribution is 4.93. The summed E-state index contributed by atoms with van der Waals surface area (Å²) >= 11 is 0. The SMILES string of the molecule is CCCCC/C=C\C/C=C\CCCCCCCCOCC(COCCCCCCCC/C=C\C/C=C\CCCCC)C(O)N(C)C. The van der Waals surface area contributed by atoms with Gasteiger partial charge in [-0.25, -0.2) is 0 Å². The highest BCUT2D eigenvalue weighted by Gasteiger charge is 2.21. The Morgan fingerprint density at radius 2 is 0.783 bits per heavy atom. The van der Waals surface area contributed by atoms with Gasteiger partial charge in [-0.15, -0.1) is 0 Å². The minimum absolute atomic E-state index is 0.00999. The summed E-state index contributed by atoms with van der Waals surface area (Å²) in [4.78, 5) is 1.86. The van der Waals surface area contributed by atoms with Crippen molar-refractivity contribution in [2.24, 2.45) is 5.92 Å². The fourth-order valence-corrected chi connectivity index (χ4v) is 5.50. The minimum Gasteiger partial charge on any atom is -0.381 e. The Morgan fingerprint density at radius 1 is 0.457 bits per heavy atom. The molecule has 1 unspecified atom stereocenters. The average molecular weight is 646 g/mol. The van der Waals surface area contributed by atoms with Crippen LogP contribution in [0.4, 0.5) is 0 Å². The van der Waals surface area contributed by atoms with E-state index >= 15 is 0 Å². The van der Waals surface area contributed by atoms with Crippen molar-refractivity contribution in [3.8, 4) is 0 Å². The molecule has 0 rings (SSSR count). The molecule has 0 aromatic carbocycles. The van der Waals surface area contributed by atoms with Gasteiger partial charge in [0.2, 0.25) is 0 Å². The van der Waals surface area contributed by atoms with Gasteiger partial charge >= 0.3 is 0 Å². The van der Waals surface area contributed by atoms with Crippen molar-refractivity contribution < 1.29 is 14.6 Å². The molecule has 0 saturated carbocycles. The molecule has 0 aliphatic heterocycles. The Bertz CT molecular complexity index is 647. The Balaban J connectivity index is 3.68. The molecular formula is C42H79NO3. The topological polar surface area (TPSA) is 41.9 Å². The maximum Gasteiger partial charge on any atom is 0.114 e. The third-order valence-electron chi connectivity index (χ3n) is 8.59. The van der Waals surface area contributed by atoms with E-state index in [9.17, 15) is 5.11 Å². The van der Waals surface area contributed by atoms with E-state index in [4.69, 9.17) is 9.47 Å². The normalized spacial score (nSPS) is 13.3. The zero-order valence-electron chi connectivity index (χ0n) is 31.3. The summed E-state index contributed by atoms with van der Waals surface area (Å²) in [7, 11) is 3.84. The first-order chi connectivity index (χ1) is 22.6. The summed E-state index contributed by atoms with van der Waals surface area (Å²) in [6, 6.07) is 0. The van der Waals surface area contributed by atoms with Crippen LogP contribution in [0.25, 0.3) is 0 Å². The number of aliphatic hydroxyl groups is 1.